The Balaban J connectivity index is -0.000000946. The van der Waals surface area contributed by atoms with E-state index in [0.29, 0.717) is 0 Å². The fourth-order valence-electron chi connectivity index (χ4n) is 1.27. The highest BCUT2D eigenvalue weighted by molar-refractivity contribution is 6.01. The number of aliphatic carboxylic acids is 2. The van der Waals surface area contributed by atoms with Gasteiger partial charge in [0.25, 0.3) is 11.8 Å². The van der Waals surface area contributed by atoms with Crippen LogP contribution in [0, 0.1) is 0 Å². The van der Waals surface area contributed by atoms with Gasteiger partial charge in [0.05, 0.1) is 0 Å². The van der Waals surface area contributed by atoms with Gasteiger partial charge in [0.1, 0.15) is 13.1 Å². The Morgan fingerprint density at radius 1 is 0.750 bits per heavy atom. The zero-order valence-corrected chi connectivity index (χ0v) is 16.4. The van der Waals surface area contributed by atoms with Crippen LogP contribution in [-0.4, -0.2) is 69.2 Å². The lowest BCUT2D eigenvalue weighted by Gasteiger charge is -2.09. The number of nitrogen functional groups attached to an aromatic ring is 2. The van der Waals surface area contributed by atoms with Gasteiger partial charge in [-0.25, -0.2) is 9.97 Å². The summed E-state index contributed by atoms with van der Waals surface area (Å²) < 4.78 is 0. The number of nitrogens with one attached hydrogen (secondary N) is 2. The number of nitrogens with zero attached hydrogens (tertiary/aromatic N) is 2. The standard InChI is InChI=1S/C10H12N6O6.2C2H6.CH4O/c11-7-5(9(21)13-1-3(17)18)15-8(12)6(16-7)10(22)14-2-4(19)20;3*1-2/h1-2H2,(H2,12,15)(H2,11,16)(H,13,21)(H,14,22)(H,17,18)(H,19,20);2*1-2H3;2H,1H3. The number of rotatable bonds is 6. The molecule has 0 saturated carbocycles. The molecule has 1 heterocycles. The highest BCUT2D eigenvalue weighted by Crippen LogP contribution is 2.12. The van der Waals surface area contributed by atoms with Crippen molar-refractivity contribution >= 4 is 35.4 Å². The van der Waals surface area contributed by atoms with E-state index in [9.17, 15) is 19.2 Å². The molecular formula is C15H28N6O7. The van der Waals surface area contributed by atoms with Gasteiger partial charge in [0.15, 0.2) is 23.0 Å². The van der Waals surface area contributed by atoms with Crippen molar-refractivity contribution in [3.63, 3.8) is 0 Å². The summed E-state index contributed by atoms with van der Waals surface area (Å²) in [5, 5.41) is 27.9. The number of nitrogens with two attached hydrogens (primary N) is 2. The lowest BCUT2D eigenvalue weighted by molar-refractivity contribution is -0.136. The molecule has 160 valence electrons. The third-order valence-corrected chi connectivity index (χ3v) is 2.18. The summed E-state index contributed by atoms with van der Waals surface area (Å²) in [6.07, 6.45) is 0. The maximum atomic E-state index is 11.6. The van der Waals surface area contributed by atoms with Gasteiger partial charge < -0.3 is 37.4 Å². The van der Waals surface area contributed by atoms with E-state index in [4.69, 9.17) is 26.8 Å². The van der Waals surface area contributed by atoms with E-state index in [0.717, 1.165) is 7.11 Å². The summed E-state index contributed by atoms with van der Waals surface area (Å²) in [5.74, 6) is -5.35. The summed E-state index contributed by atoms with van der Waals surface area (Å²) in [5.41, 5.74) is 10.0. The van der Waals surface area contributed by atoms with Crippen LogP contribution in [0.25, 0.3) is 0 Å². The summed E-state index contributed by atoms with van der Waals surface area (Å²) >= 11 is 0. The smallest absolute Gasteiger partial charge is 0.322 e. The number of carbonyl (C=O) groups excluding carboxylic acids is 2. The van der Waals surface area contributed by atoms with E-state index in [-0.39, 0.29) is 0 Å². The average Bonchev–Trinajstić information content (AvgIpc) is 2.70. The number of carboxylic acid groups (broad SMARTS) is 2. The van der Waals surface area contributed by atoms with Crippen LogP contribution in [0.1, 0.15) is 48.7 Å². The lowest BCUT2D eigenvalue weighted by Crippen LogP contribution is -2.33. The fourth-order valence-corrected chi connectivity index (χ4v) is 1.27. The molecule has 0 spiro atoms. The van der Waals surface area contributed by atoms with E-state index in [2.05, 4.69) is 9.97 Å². The first-order valence-corrected chi connectivity index (χ1v) is 8.10. The number of hydrogen-bond donors (Lipinski definition) is 7. The number of carboxylic acids is 2. The Morgan fingerprint density at radius 3 is 1.21 bits per heavy atom. The second kappa shape index (κ2) is 17.0. The Labute approximate surface area is 162 Å². The summed E-state index contributed by atoms with van der Waals surface area (Å²) in [7, 11) is 1.00. The van der Waals surface area contributed by atoms with Gasteiger partial charge >= 0.3 is 11.9 Å². The normalized spacial score (nSPS) is 8.36. The van der Waals surface area contributed by atoms with Crippen LogP contribution < -0.4 is 22.1 Å². The average molecular weight is 404 g/mol. The fraction of sp³-hybridized carbons (Fsp3) is 0.467. The van der Waals surface area contributed by atoms with Crippen molar-refractivity contribution in [1.82, 2.24) is 20.6 Å². The lowest BCUT2D eigenvalue weighted by atomic mass is 10.3. The molecule has 0 unspecified atom stereocenters. The number of amides is 2. The van der Waals surface area contributed by atoms with E-state index >= 15 is 0 Å². The number of aliphatic hydroxyl groups excluding tert-OH is 1. The highest BCUT2D eigenvalue weighted by Gasteiger charge is 2.20. The van der Waals surface area contributed by atoms with Crippen LogP contribution in [0.15, 0.2) is 0 Å². The van der Waals surface area contributed by atoms with Crippen molar-refractivity contribution < 1.29 is 34.5 Å². The molecule has 0 bridgehead atoms. The highest BCUT2D eigenvalue weighted by atomic mass is 16.4. The van der Waals surface area contributed by atoms with Crippen LogP contribution in [0.2, 0.25) is 0 Å². The largest absolute Gasteiger partial charge is 0.480 e. The van der Waals surface area contributed by atoms with E-state index in [1.807, 2.05) is 38.3 Å². The minimum absolute atomic E-state index is 0.450. The van der Waals surface area contributed by atoms with E-state index in [1.54, 1.807) is 0 Å². The molecule has 0 aliphatic heterocycles. The van der Waals surface area contributed by atoms with E-state index < -0.39 is 59.9 Å². The molecule has 0 fully saturated rings. The number of carbonyl (C=O) groups is 4. The Kier molecular flexibility index (Phi) is 17.7. The van der Waals surface area contributed by atoms with Gasteiger partial charge in [-0.15, -0.1) is 0 Å². The minimum Gasteiger partial charge on any atom is -0.480 e. The van der Waals surface area contributed by atoms with Crippen molar-refractivity contribution in [3.8, 4) is 0 Å². The summed E-state index contributed by atoms with van der Waals surface area (Å²) in [6, 6.07) is 0. The predicted molar refractivity (Wildman–Crippen MR) is 102 cm³/mol. The molecule has 1 rings (SSSR count). The van der Waals surface area contributed by atoms with Gasteiger partial charge in [-0.1, -0.05) is 27.7 Å². The van der Waals surface area contributed by atoms with Gasteiger partial charge in [-0.05, 0) is 0 Å². The SMILES string of the molecule is CC.CC.CO.Nc1nc(C(=O)NCC(=O)O)c(N)nc1C(=O)NCC(=O)O. The quantitative estimate of drug-likeness (QED) is 0.301. The molecule has 0 aliphatic carbocycles. The van der Waals surface area contributed by atoms with Gasteiger partial charge in [0.2, 0.25) is 0 Å². The van der Waals surface area contributed by atoms with Crippen LogP contribution in [0.5, 0.6) is 0 Å². The van der Waals surface area contributed by atoms with Crippen molar-refractivity contribution in [3.05, 3.63) is 11.4 Å². The zero-order valence-electron chi connectivity index (χ0n) is 16.4. The molecule has 28 heavy (non-hydrogen) atoms. The first-order chi connectivity index (χ1) is 13.2. The minimum atomic E-state index is -1.28. The van der Waals surface area contributed by atoms with Gasteiger partial charge in [0, 0.05) is 7.11 Å². The second-order valence-corrected chi connectivity index (χ2v) is 3.84. The first-order valence-electron chi connectivity index (χ1n) is 8.10. The number of hydrogen-bond acceptors (Lipinski definition) is 9. The molecule has 0 radical (unpaired) electrons. The second-order valence-electron chi connectivity index (χ2n) is 3.84. The maximum Gasteiger partial charge on any atom is 0.322 e. The van der Waals surface area contributed by atoms with Crippen molar-refractivity contribution in [1.29, 1.82) is 0 Å². The summed E-state index contributed by atoms with van der Waals surface area (Å²) in [4.78, 5) is 51.1. The van der Waals surface area contributed by atoms with Gasteiger partial charge in [-0.2, -0.15) is 0 Å². The van der Waals surface area contributed by atoms with Crippen LogP contribution >= 0.6 is 0 Å². The monoisotopic (exact) mass is 404 g/mol. The zero-order chi connectivity index (χ0) is 22.9. The predicted octanol–water partition coefficient (Wildman–Crippen LogP) is -1.07. The van der Waals surface area contributed by atoms with E-state index in [1.165, 1.54) is 0 Å². The maximum absolute atomic E-state index is 11.6. The molecule has 0 aliphatic rings. The molecule has 13 heteroatoms. The molecule has 0 atom stereocenters. The van der Waals surface area contributed by atoms with Crippen LogP contribution in [0.3, 0.4) is 0 Å². The molecule has 0 saturated heterocycles. The first kappa shape index (κ1) is 29.3. The van der Waals surface area contributed by atoms with Crippen molar-refractivity contribution in [2.75, 3.05) is 31.7 Å². The van der Waals surface area contributed by atoms with Gasteiger partial charge in [-0.3, -0.25) is 19.2 Å². The number of aromatic nitrogens is 2. The topological polar surface area (TPSA) is 231 Å². The third-order valence-electron chi connectivity index (χ3n) is 2.18. The Bertz CT molecular complexity index is 596. The Morgan fingerprint density at radius 2 is 1.00 bits per heavy atom. The van der Waals surface area contributed by atoms with Crippen molar-refractivity contribution in [2.45, 2.75) is 27.7 Å². The molecule has 1 aromatic heterocycles. The number of anilines is 2. The molecule has 9 N–H and O–H groups in total. The number of aliphatic hydroxyl groups is 1. The molecule has 2 amide bonds. The molecule has 13 nitrogen and oxygen atoms in total. The Hall–Kier alpha value is -3.48. The third kappa shape index (κ3) is 11.2. The van der Waals surface area contributed by atoms with Crippen molar-refractivity contribution in [2.24, 2.45) is 0 Å². The molecule has 1 aromatic rings. The molecule has 0 aromatic carbocycles. The van der Waals surface area contributed by atoms with Crippen LogP contribution in [-0.2, 0) is 9.59 Å². The summed E-state index contributed by atoms with van der Waals surface area (Å²) in [6.45, 7) is 6.67. The molecular weight excluding hydrogens is 376 g/mol. The van der Waals surface area contributed by atoms with Crippen LogP contribution in [0.4, 0.5) is 11.6 Å².